The molecule has 2 N–H and O–H groups in total. The molecule has 2 aromatic carbocycles. The lowest BCUT2D eigenvalue weighted by Gasteiger charge is -2.45. The molecule has 0 radical (unpaired) electrons. The Morgan fingerprint density at radius 2 is 2.02 bits per heavy atom. The van der Waals surface area contributed by atoms with Crippen LogP contribution in [0.3, 0.4) is 0 Å². The number of hydrogen-bond donors (Lipinski definition) is 2. The Labute approximate surface area is 242 Å². The van der Waals surface area contributed by atoms with E-state index in [4.69, 9.17) is 16.3 Å². The molecule has 0 saturated heterocycles. The van der Waals surface area contributed by atoms with Gasteiger partial charge in [-0.25, -0.2) is 4.21 Å². The summed E-state index contributed by atoms with van der Waals surface area (Å²) >= 11 is 6.39. The summed E-state index contributed by atoms with van der Waals surface area (Å²) in [7, 11) is -2.77. The minimum Gasteiger partial charge on any atom is -0.490 e. The van der Waals surface area contributed by atoms with Crippen molar-refractivity contribution in [3.63, 3.8) is 0 Å². The fourth-order valence-electron chi connectivity index (χ4n) is 7.11. The van der Waals surface area contributed by atoms with Crippen molar-refractivity contribution < 1.29 is 18.8 Å². The summed E-state index contributed by atoms with van der Waals surface area (Å²) in [5.74, 6) is 5.10. The maximum Gasteiger partial charge on any atom is 0.262 e. The first kappa shape index (κ1) is 27.7. The number of nitrogens with zero attached hydrogens (tertiary/aromatic N) is 1. The third kappa shape index (κ3) is 5.53. The van der Waals surface area contributed by atoms with Crippen LogP contribution in [-0.2, 0) is 21.5 Å². The lowest BCUT2D eigenvalue weighted by atomic mass is 9.68. The van der Waals surface area contributed by atoms with E-state index in [2.05, 4.69) is 27.6 Å². The van der Waals surface area contributed by atoms with Gasteiger partial charge < -0.3 is 14.7 Å². The van der Waals surface area contributed by atoms with Gasteiger partial charge in [0.05, 0.1) is 18.4 Å². The van der Waals surface area contributed by atoms with Crippen LogP contribution in [0.5, 0.6) is 5.75 Å². The van der Waals surface area contributed by atoms with Crippen LogP contribution in [-0.4, -0.2) is 52.6 Å². The molecule has 1 saturated carbocycles. The number of hydrogen-bond acceptors (Lipinski definition) is 5. The summed E-state index contributed by atoms with van der Waals surface area (Å²) in [5.41, 5.74) is 3.70. The van der Waals surface area contributed by atoms with E-state index < -0.39 is 9.71 Å². The van der Waals surface area contributed by atoms with Crippen molar-refractivity contribution >= 4 is 38.8 Å². The smallest absolute Gasteiger partial charge is 0.262 e. The molecule has 214 valence electrons. The molecule has 5 atom stereocenters. The number of nitrogens with one attached hydrogen (secondary N) is 1. The number of anilines is 1. The highest BCUT2D eigenvalue weighted by Gasteiger charge is 2.44. The third-order valence-electron chi connectivity index (χ3n) is 9.39. The third-order valence-corrected chi connectivity index (χ3v) is 11.1. The van der Waals surface area contributed by atoms with Gasteiger partial charge >= 0.3 is 0 Å². The van der Waals surface area contributed by atoms with Gasteiger partial charge in [0.1, 0.15) is 5.75 Å². The summed E-state index contributed by atoms with van der Waals surface area (Å²) < 4.78 is 22.3. The first-order chi connectivity index (χ1) is 19.2. The molecule has 1 unspecified atom stereocenters. The minimum absolute atomic E-state index is 0.208. The number of ether oxygens (including phenoxy) is 1. The molecule has 8 heteroatoms. The van der Waals surface area contributed by atoms with Crippen molar-refractivity contribution in [1.82, 2.24) is 4.72 Å². The molecule has 1 amide bonds. The molecule has 40 heavy (non-hydrogen) atoms. The Balaban J connectivity index is 1.40. The molecule has 2 aromatic rings. The highest BCUT2D eigenvalue weighted by Crippen LogP contribution is 2.46. The van der Waals surface area contributed by atoms with Crippen LogP contribution in [0.15, 0.2) is 48.6 Å². The second kappa shape index (κ2) is 11.1. The van der Waals surface area contributed by atoms with Crippen LogP contribution in [0.4, 0.5) is 5.69 Å². The highest BCUT2D eigenvalue weighted by molar-refractivity contribution is 7.99. The average Bonchev–Trinajstić information content (AvgIpc) is 3.05. The normalized spacial score (nSPS) is 33.3. The van der Waals surface area contributed by atoms with Crippen molar-refractivity contribution in [3.8, 4) is 5.75 Å². The van der Waals surface area contributed by atoms with E-state index in [1.165, 1.54) is 11.1 Å². The predicted octanol–water partition coefficient (Wildman–Crippen LogP) is 5.30. The summed E-state index contributed by atoms with van der Waals surface area (Å²) in [6, 6.07) is 11.7. The van der Waals surface area contributed by atoms with Gasteiger partial charge in [0, 0.05) is 44.6 Å². The topological polar surface area (TPSA) is 78.9 Å². The fourth-order valence-corrected chi connectivity index (χ4v) is 8.49. The van der Waals surface area contributed by atoms with Crippen LogP contribution >= 0.6 is 11.6 Å². The number of fused-ring (bicyclic) bond motifs is 4. The number of allylic oxidation sites excluding steroid dienone is 1. The number of amides is 1. The number of halogens is 1. The zero-order valence-corrected chi connectivity index (χ0v) is 24.5. The minimum atomic E-state index is -2.77. The molecule has 1 spiro atoms. The Bertz CT molecular complexity index is 1420. The zero-order valence-electron chi connectivity index (χ0n) is 22.9. The summed E-state index contributed by atoms with van der Waals surface area (Å²) in [6.45, 7) is 2.08. The zero-order chi connectivity index (χ0) is 27.9. The monoisotopic (exact) mass is 582 g/mol. The molecule has 6 rings (SSSR count). The lowest BCUT2D eigenvalue weighted by molar-refractivity contribution is 0.0177. The van der Waals surface area contributed by atoms with Gasteiger partial charge in [-0.15, -0.1) is 0 Å². The quantitative estimate of drug-likeness (QED) is 0.325. The summed E-state index contributed by atoms with van der Waals surface area (Å²) in [6.07, 6.45) is 10.9. The number of aliphatic hydroxyl groups excluding tert-OH is 1. The van der Waals surface area contributed by atoms with E-state index in [0.717, 1.165) is 68.1 Å². The van der Waals surface area contributed by atoms with Gasteiger partial charge in [-0.2, -0.15) is 0 Å². The van der Waals surface area contributed by atoms with Gasteiger partial charge in [0.2, 0.25) is 0 Å². The van der Waals surface area contributed by atoms with Crippen LogP contribution < -0.4 is 14.4 Å². The lowest BCUT2D eigenvalue weighted by Crippen LogP contribution is -2.49. The Morgan fingerprint density at radius 1 is 1.15 bits per heavy atom. The molecule has 2 bridgehead atoms. The Hall–Kier alpha value is -2.48. The van der Waals surface area contributed by atoms with Crippen molar-refractivity contribution in [2.45, 2.75) is 62.9 Å². The van der Waals surface area contributed by atoms with Crippen molar-refractivity contribution in [3.05, 3.63) is 70.3 Å². The number of carbonyl (C=O) groups excluding carboxylic acids is 1. The van der Waals surface area contributed by atoms with Crippen LogP contribution in [0.1, 0.15) is 66.4 Å². The standard InChI is InChI=1S/C32H39ClN2O4S/c1-40(38)16-5-3-2-4-8-29(36)26-12-9-24(26)19-35-20-32(15-6-7-22-17-25(33)11-13-27(22)32)21-39-30-14-10-23(18-28(30)35)31(37)34-40/h2,4,10-11,13-14,17-18,24,26,29,36H,1,3,5-9,12,15-16,19-21H2,(H,34,37,38)/b4-2-/t24-,26+,29-,32-,40?/m0/s1. The molecule has 1 fully saturated rings. The Morgan fingerprint density at radius 3 is 2.85 bits per heavy atom. The van der Waals surface area contributed by atoms with Crippen LogP contribution in [0.25, 0.3) is 0 Å². The second-order valence-electron chi connectivity index (χ2n) is 12.2. The molecular weight excluding hydrogens is 544 g/mol. The molecule has 0 aromatic heterocycles. The van der Waals surface area contributed by atoms with Crippen molar-refractivity contribution in [2.24, 2.45) is 11.8 Å². The molecule has 2 heterocycles. The van der Waals surface area contributed by atoms with E-state index in [-0.39, 0.29) is 23.3 Å². The van der Waals surface area contributed by atoms with Crippen LogP contribution in [0, 0.1) is 11.8 Å². The predicted molar refractivity (Wildman–Crippen MR) is 163 cm³/mol. The number of aliphatic hydroxyl groups is 1. The van der Waals surface area contributed by atoms with E-state index in [1.807, 2.05) is 30.4 Å². The first-order valence-electron chi connectivity index (χ1n) is 14.5. The van der Waals surface area contributed by atoms with Crippen molar-refractivity contribution in [2.75, 3.05) is 30.3 Å². The van der Waals surface area contributed by atoms with Crippen LogP contribution in [0.2, 0.25) is 5.02 Å². The van der Waals surface area contributed by atoms with E-state index in [0.29, 0.717) is 36.7 Å². The Kier molecular flexibility index (Phi) is 7.66. The van der Waals surface area contributed by atoms with Gasteiger partial charge in [-0.05, 0) is 111 Å². The SMILES string of the molecule is C=S1(=O)CCC/C=C\C[C@H](O)[C@@H]2CC[C@H]2CN2C[C@@]3(CCCc4cc(Cl)ccc43)COc3ccc(cc32)C(=O)N1. The van der Waals surface area contributed by atoms with Crippen molar-refractivity contribution in [1.29, 1.82) is 0 Å². The van der Waals surface area contributed by atoms with E-state index in [9.17, 15) is 14.1 Å². The number of carbonyl (C=O) groups is 1. The maximum absolute atomic E-state index is 13.3. The average molecular weight is 583 g/mol. The number of aryl methyl sites for hydroxylation is 1. The molecular formula is C32H39ClN2O4S. The number of benzene rings is 2. The fraction of sp³-hybridized carbons (Fsp3) is 0.500. The molecule has 6 nitrogen and oxygen atoms in total. The van der Waals surface area contributed by atoms with E-state index in [1.54, 1.807) is 6.07 Å². The largest absolute Gasteiger partial charge is 0.490 e. The molecule has 2 aliphatic heterocycles. The van der Waals surface area contributed by atoms with Gasteiger partial charge in [-0.1, -0.05) is 29.8 Å². The first-order valence-corrected chi connectivity index (χ1v) is 16.8. The molecule has 2 aliphatic carbocycles. The van der Waals surface area contributed by atoms with E-state index >= 15 is 0 Å². The number of rotatable bonds is 0. The summed E-state index contributed by atoms with van der Waals surface area (Å²) in [4.78, 5) is 15.7. The van der Waals surface area contributed by atoms with Gasteiger partial charge in [-0.3, -0.25) is 9.52 Å². The highest BCUT2D eigenvalue weighted by atomic mass is 35.5. The van der Waals surface area contributed by atoms with Gasteiger partial charge in [0.15, 0.2) is 0 Å². The van der Waals surface area contributed by atoms with Gasteiger partial charge in [0.25, 0.3) is 5.91 Å². The maximum atomic E-state index is 13.3. The second-order valence-corrected chi connectivity index (χ2v) is 14.8. The molecule has 4 aliphatic rings. The summed E-state index contributed by atoms with van der Waals surface area (Å²) in [5, 5.41) is 11.8.